The standard InChI is InChI=1S/C21H18Cl2N2O3/c22-17-6-3-7-18(23)19(17)16(20(26)27)12-25-21(28)24-11-13-8-9-14-4-1-2-5-15(14)10-13/h1-10,16H,11-12H2,(H,26,27)(H2,24,25,28). The fourth-order valence-electron chi connectivity index (χ4n) is 2.94. The first-order valence-corrected chi connectivity index (χ1v) is 9.37. The van der Waals surface area contributed by atoms with Crippen LogP contribution in [0.3, 0.4) is 0 Å². The van der Waals surface area contributed by atoms with E-state index in [1.165, 1.54) is 0 Å². The number of nitrogens with one attached hydrogen (secondary N) is 2. The van der Waals surface area contributed by atoms with E-state index < -0.39 is 17.9 Å². The van der Waals surface area contributed by atoms with E-state index in [1.807, 2.05) is 42.5 Å². The number of amides is 2. The van der Waals surface area contributed by atoms with Crippen molar-refractivity contribution in [3.63, 3.8) is 0 Å². The Morgan fingerprint density at radius 2 is 1.57 bits per heavy atom. The van der Waals surface area contributed by atoms with Crippen molar-refractivity contribution in [2.24, 2.45) is 0 Å². The van der Waals surface area contributed by atoms with E-state index in [-0.39, 0.29) is 22.2 Å². The Morgan fingerprint density at radius 1 is 0.893 bits per heavy atom. The lowest BCUT2D eigenvalue weighted by Gasteiger charge is -2.17. The number of hydrogen-bond acceptors (Lipinski definition) is 2. The van der Waals surface area contributed by atoms with Gasteiger partial charge >= 0.3 is 12.0 Å². The molecule has 0 saturated carbocycles. The van der Waals surface area contributed by atoms with E-state index in [0.29, 0.717) is 6.54 Å². The van der Waals surface area contributed by atoms with Gasteiger partial charge in [0, 0.05) is 28.7 Å². The van der Waals surface area contributed by atoms with Crippen LogP contribution in [0, 0.1) is 0 Å². The third kappa shape index (κ3) is 4.74. The molecule has 144 valence electrons. The van der Waals surface area contributed by atoms with Crippen molar-refractivity contribution < 1.29 is 14.7 Å². The second kappa shape index (κ2) is 8.95. The Kier molecular flexibility index (Phi) is 6.39. The fraction of sp³-hybridized carbons (Fsp3) is 0.143. The van der Waals surface area contributed by atoms with Gasteiger partial charge in [-0.25, -0.2) is 4.79 Å². The quantitative estimate of drug-likeness (QED) is 0.539. The van der Waals surface area contributed by atoms with E-state index in [4.69, 9.17) is 23.2 Å². The molecule has 5 nitrogen and oxygen atoms in total. The smallest absolute Gasteiger partial charge is 0.315 e. The minimum absolute atomic E-state index is 0.137. The first-order valence-electron chi connectivity index (χ1n) is 8.62. The van der Waals surface area contributed by atoms with Crippen molar-refractivity contribution in [3.8, 4) is 0 Å². The Balaban J connectivity index is 1.61. The number of halogens is 2. The molecule has 0 aliphatic heterocycles. The molecule has 3 N–H and O–H groups in total. The first-order chi connectivity index (χ1) is 13.5. The molecule has 0 aliphatic carbocycles. The summed E-state index contributed by atoms with van der Waals surface area (Å²) in [5.41, 5.74) is 1.23. The van der Waals surface area contributed by atoms with Crippen LogP contribution in [0.2, 0.25) is 10.0 Å². The Morgan fingerprint density at radius 3 is 2.25 bits per heavy atom. The van der Waals surface area contributed by atoms with Gasteiger partial charge in [-0.3, -0.25) is 4.79 Å². The zero-order chi connectivity index (χ0) is 20.1. The zero-order valence-corrected chi connectivity index (χ0v) is 16.3. The number of urea groups is 1. The third-order valence-corrected chi connectivity index (χ3v) is 5.04. The molecule has 3 rings (SSSR count). The summed E-state index contributed by atoms with van der Waals surface area (Å²) in [6.45, 7) is 0.184. The fourth-order valence-corrected chi connectivity index (χ4v) is 3.61. The van der Waals surface area contributed by atoms with Crippen LogP contribution in [0.25, 0.3) is 10.8 Å². The number of fused-ring (bicyclic) bond motifs is 1. The number of carboxylic acids is 1. The van der Waals surface area contributed by atoms with E-state index in [1.54, 1.807) is 18.2 Å². The van der Waals surface area contributed by atoms with Crippen molar-refractivity contribution in [2.75, 3.05) is 6.54 Å². The molecular formula is C21H18Cl2N2O3. The van der Waals surface area contributed by atoms with Crippen molar-refractivity contribution in [1.82, 2.24) is 10.6 Å². The van der Waals surface area contributed by atoms with E-state index in [2.05, 4.69) is 10.6 Å². The summed E-state index contributed by atoms with van der Waals surface area (Å²) in [6, 6.07) is 18.2. The summed E-state index contributed by atoms with van der Waals surface area (Å²) in [6.07, 6.45) is 0. The van der Waals surface area contributed by atoms with Gasteiger partial charge in [0.2, 0.25) is 0 Å². The molecule has 1 atom stereocenters. The van der Waals surface area contributed by atoms with Gasteiger partial charge in [0.15, 0.2) is 0 Å². The van der Waals surface area contributed by atoms with Gasteiger partial charge in [0.25, 0.3) is 0 Å². The largest absolute Gasteiger partial charge is 0.481 e. The normalized spacial score (nSPS) is 11.8. The van der Waals surface area contributed by atoms with E-state index in [0.717, 1.165) is 16.3 Å². The Hall–Kier alpha value is -2.76. The van der Waals surface area contributed by atoms with Crippen molar-refractivity contribution in [2.45, 2.75) is 12.5 Å². The topological polar surface area (TPSA) is 78.4 Å². The highest BCUT2D eigenvalue weighted by Gasteiger charge is 2.25. The molecule has 0 spiro atoms. The van der Waals surface area contributed by atoms with Crippen LogP contribution < -0.4 is 10.6 Å². The minimum Gasteiger partial charge on any atom is -0.481 e. The highest BCUT2D eigenvalue weighted by Crippen LogP contribution is 2.31. The summed E-state index contributed by atoms with van der Waals surface area (Å²) in [4.78, 5) is 23.8. The monoisotopic (exact) mass is 416 g/mol. The molecule has 0 heterocycles. The Labute approximate surface area is 172 Å². The predicted octanol–water partition coefficient (Wildman–Crippen LogP) is 4.81. The van der Waals surface area contributed by atoms with Gasteiger partial charge in [-0.05, 0) is 34.5 Å². The van der Waals surface area contributed by atoms with Gasteiger partial charge in [-0.2, -0.15) is 0 Å². The first kappa shape index (κ1) is 20.0. The van der Waals surface area contributed by atoms with Crippen molar-refractivity contribution >= 4 is 46.0 Å². The molecule has 0 fully saturated rings. The number of benzene rings is 3. The average Bonchev–Trinajstić information content (AvgIpc) is 2.68. The molecule has 0 aliphatic rings. The van der Waals surface area contributed by atoms with Crippen LogP contribution in [0.1, 0.15) is 17.0 Å². The lowest BCUT2D eigenvalue weighted by Crippen LogP contribution is -2.39. The second-order valence-electron chi connectivity index (χ2n) is 6.27. The average molecular weight is 417 g/mol. The third-order valence-electron chi connectivity index (χ3n) is 4.38. The molecule has 2 amide bonds. The molecule has 7 heteroatoms. The van der Waals surface area contributed by atoms with Crippen LogP contribution >= 0.6 is 23.2 Å². The predicted molar refractivity (Wildman–Crippen MR) is 111 cm³/mol. The lowest BCUT2D eigenvalue weighted by molar-refractivity contribution is -0.138. The van der Waals surface area contributed by atoms with Crippen LogP contribution in [-0.4, -0.2) is 23.7 Å². The minimum atomic E-state index is -1.12. The molecule has 1 unspecified atom stereocenters. The number of aliphatic carboxylic acids is 1. The van der Waals surface area contributed by atoms with Gasteiger partial charge in [0.1, 0.15) is 5.92 Å². The Bertz CT molecular complexity index is 1000. The molecule has 0 aromatic heterocycles. The van der Waals surface area contributed by atoms with Gasteiger partial charge in [-0.1, -0.05) is 65.7 Å². The number of carbonyl (C=O) groups excluding carboxylic acids is 1. The van der Waals surface area contributed by atoms with Crippen LogP contribution in [0.15, 0.2) is 60.7 Å². The molecule has 0 radical (unpaired) electrons. The van der Waals surface area contributed by atoms with E-state index in [9.17, 15) is 14.7 Å². The van der Waals surface area contributed by atoms with Gasteiger partial charge < -0.3 is 15.7 Å². The van der Waals surface area contributed by atoms with Crippen LogP contribution in [-0.2, 0) is 11.3 Å². The summed E-state index contributed by atoms with van der Waals surface area (Å²) in [5.74, 6) is -2.17. The highest BCUT2D eigenvalue weighted by atomic mass is 35.5. The van der Waals surface area contributed by atoms with Crippen LogP contribution in [0.4, 0.5) is 4.79 Å². The summed E-state index contributed by atoms with van der Waals surface area (Å²) in [7, 11) is 0. The molecular weight excluding hydrogens is 399 g/mol. The molecule has 3 aromatic rings. The van der Waals surface area contributed by atoms with Crippen molar-refractivity contribution in [3.05, 3.63) is 81.8 Å². The van der Waals surface area contributed by atoms with Crippen molar-refractivity contribution in [1.29, 1.82) is 0 Å². The SMILES string of the molecule is O=C(NCc1ccc2ccccc2c1)NCC(C(=O)O)c1c(Cl)cccc1Cl. The van der Waals surface area contributed by atoms with Crippen LogP contribution in [0.5, 0.6) is 0 Å². The molecule has 3 aromatic carbocycles. The summed E-state index contributed by atoms with van der Waals surface area (Å²) in [5, 5.41) is 17.5. The molecule has 28 heavy (non-hydrogen) atoms. The molecule has 0 bridgehead atoms. The zero-order valence-electron chi connectivity index (χ0n) is 14.8. The summed E-state index contributed by atoms with van der Waals surface area (Å²) >= 11 is 12.2. The molecule has 0 saturated heterocycles. The maximum Gasteiger partial charge on any atom is 0.315 e. The number of carboxylic acid groups (broad SMARTS) is 1. The van der Waals surface area contributed by atoms with E-state index >= 15 is 0 Å². The maximum absolute atomic E-state index is 12.1. The highest BCUT2D eigenvalue weighted by molar-refractivity contribution is 6.36. The summed E-state index contributed by atoms with van der Waals surface area (Å²) < 4.78 is 0. The van der Waals surface area contributed by atoms with Gasteiger partial charge in [0.05, 0.1) is 0 Å². The maximum atomic E-state index is 12.1. The van der Waals surface area contributed by atoms with Gasteiger partial charge in [-0.15, -0.1) is 0 Å². The lowest BCUT2D eigenvalue weighted by atomic mass is 9.99. The second-order valence-corrected chi connectivity index (χ2v) is 7.09. The number of rotatable bonds is 6. The number of hydrogen-bond donors (Lipinski definition) is 3. The number of carbonyl (C=O) groups is 2.